The minimum atomic E-state index is -0.514. The first-order valence-corrected chi connectivity index (χ1v) is 10.5. The lowest BCUT2D eigenvalue weighted by Gasteiger charge is -2.32. The van der Waals surface area contributed by atoms with Gasteiger partial charge in [-0.25, -0.2) is 4.98 Å². The number of aromatic nitrogens is 1. The lowest BCUT2D eigenvalue weighted by molar-refractivity contribution is 0.00578. The number of rotatable bonds is 7. The molecule has 2 aromatic carbocycles. The third-order valence-electron chi connectivity index (χ3n) is 5.82. The number of benzene rings is 2. The van der Waals surface area contributed by atoms with Crippen LogP contribution in [0.5, 0.6) is 11.6 Å². The summed E-state index contributed by atoms with van der Waals surface area (Å²) in [4.78, 5) is 4.54. The monoisotopic (exact) mass is 417 g/mol. The van der Waals surface area contributed by atoms with Gasteiger partial charge in [-0.05, 0) is 44.9 Å². The predicted molar refractivity (Wildman–Crippen MR) is 122 cm³/mol. The molecule has 0 bridgehead atoms. The highest BCUT2D eigenvalue weighted by Crippen LogP contribution is 2.37. The standard InChI is InChI=1S/C25H28BNO4/c1-24(2)25(3,4)31-26(30-24)21-15-22(28-17-19-11-7-5-8-12-19)23(27-16-21)29-18-20-13-9-6-10-14-20/h5-16H,17-18H2,1-4H3. The van der Waals surface area contributed by atoms with Crippen molar-refractivity contribution in [3.05, 3.63) is 84.1 Å². The smallest absolute Gasteiger partial charge is 0.483 e. The van der Waals surface area contributed by atoms with Crippen LogP contribution in [0, 0.1) is 0 Å². The molecule has 0 radical (unpaired) electrons. The van der Waals surface area contributed by atoms with E-state index in [1.54, 1.807) is 6.20 Å². The molecular formula is C25H28BNO4. The fourth-order valence-corrected chi connectivity index (χ4v) is 3.23. The van der Waals surface area contributed by atoms with Crippen LogP contribution in [-0.2, 0) is 22.5 Å². The second kappa shape index (κ2) is 8.73. The Morgan fingerprint density at radius 2 is 1.29 bits per heavy atom. The van der Waals surface area contributed by atoms with Crippen LogP contribution in [0.2, 0.25) is 0 Å². The molecular weight excluding hydrogens is 389 g/mol. The van der Waals surface area contributed by atoms with Crippen molar-refractivity contribution in [1.82, 2.24) is 4.98 Å². The molecule has 1 aliphatic rings. The lowest BCUT2D eigenvalue weighted by atomic mass is 9.80. The molecule has 3 aromatic rings. The number of nitrogens with zero attached hydrogens (tertiary/aromatic N) is 1. The van der Waals surface area contributed by atoms with Crippen LogP contribution in [0.4, 0.5) is 0 Å². The van der Waals surface area contributed by atoms with Crippen molar-refractivity contribution in [3.63, 3.8) is 0 Å². The molecule has 0 saturated carbocycles. The Morgan fingerprint density at radius 1 is 0.774 bits per heavy atom. The van der Waals surface area contributed by atoms with Gasteiger partial charge in [0.15, 0.2) is 5.75 Å². The Balaban J connectivity index is 1.57. The van der Waals surface area contributed by atoms with Crippen LogP contribution in [0.1, 0.15) is 38.8 Å². The summed E-state index contributed by atoms with van der Waals surface area (Å²) in [6, 6.07) is 21.9. The summed E-state index contributed by atoms with van der Waals surface area (Å²) in [6.07, 6.45) is 1.73. The summed E-state index contributed by atoms with van der Waals surface area (Å²) in [5, 5.41) is 0. The van der Waals surface area contributed by atoms with E-state index in [1.165, 1.54) is 0 Å². The summed E-state index contributed by atoms with van der Waals surface area (Å²) in [5.74, 6) is 1.01. The predicted octanol–water partition coefficient (Wildman–Crippen LogP) is 4.54. The van der Waals surface area contributed by atoms with Crippen LogP contribution in [0.15, 0.2) is 72.9 Å². The zero-order chi connectivity index (χ0) is 21.9. The van der Waals surface area contributed by atoms with Crippen molar-refractivity contribution in [1.29, 1.82) is 0 Å². The van der Waals surface area contributed by atoms with Crippen molar-refractivity contribution >= 4 is 12.6 Å². The van der Waals surface area contributed by atoms with Gasteiger partial charge in [0.2, 0.25) is 0 Å². The van der Waals surface area contributed by atoms with E-state index in [-0.39, 0.29) is 0 Å². The summed E-state index contributed by atoms with van der Waals surface area (Å²) in [6.45, 7) is 8.95. The highest BCUT2D eigenvalue weighted by atomic mass is 16.7. The van der Waals surface area contributed by atoms with Crippen LogP contribution in [0.25, 0.3) is 0 Å². The fourth-order valence-electron chi connectivity index (χ4n) is 3.23. The SMILES string of the molecule is CC1(C)OB(c2cnc(OCc3ccccc3)c(OCc3ccccc3)c2)OC1(C)C. The molecule has 6 heteroatoms. The molecule has 0 N–H and O–H groups in total. The third kappa shape index (κ3) is 4.92. The summed E-state index contributed by atoms with van der Waals surface area (Å²) in [5.41, 5.74) is 2.08. The molecule has 2 heterocycles. The maximum absolute atomic E-state index is 6.18. The molecule has 4 rings (SSSR count). The molecule has 1 aliphatic heterocycles. The van der Waals surface area contributed by atoms with Gasteiger partial charge in [-0.2, -0.15) is 0 Å². The first-order chi connectivity index (χ1) is 14.8. The van der Waals surface area contributed by atoms with Crippen LogP contribution in [0.3, 0.4) is 0 Å². The third-order valence-corrected chi connectivity index (χ3v) is 5.82. The van der Waals surface area contributed by atoms with E-state index < -0.39 is 18.3 Å². The second-order valence-electron chi connectivity index (χ2n) is 8.71. The first kappa shape index (κ1) is 21.4. The van der Waals surface area contributed by atoms with Gasteiger partial charge in [-0.15, -0.1) is 0 Å². The topological polar surface area (TPSA) is 49.8 Å². The van der Waals surface area contributed by atoms with E-state index in [4.69, 9.17) is 18.8 Å². The Morgan fingerprint density at radius 3 is 1.84 bits per heavy atom. The van der Waals surface area contributed by atoms with E-state index in [0.717, 1.165) is 16.6 Å². The van der Waals surface area contributed by atoms with Gasteiger partial charge in [-0.1, -0.05) is 60.7 Å². The highest BCUT2D eigenvalue weighted by Gasteiger charge is 2.52. The molecule has 5 nitrogen and oxygen atoms in total. The van der Waals surface area contributed by atoms with Gasteiger partial charge in [0.25, 0.3) is 5.88 Å². The number of ether oxygens (including phenoxy) is 2. The maximum atomic E-state index is 6.18. The summed E-state index contributed by atoms with van der Waals surface area (Å²) < 4.78 is 24.5. The van der Waals surface area contributed by atoms with Gasteiger partial charge in [-0.3, -0.25) is 0 Å². The number of hydrogen-bond acceptors (Lipinski definition) is 5. The molecule has 0 atom stereocenters. The zero-order valence-corrected chi connectivity index (χ0v) is 18.5. The lowest BCUT2D eigenvalue weighted by Crippen LogP contribution is -2.41. The maximum Gasteiger partial charge on any atom is 0.496 e. The minimum Gasteiger partial charge on any atom is -0.483 e. The summed E-state index contributed by atoms with van der Waals surface area (Å²) in [7, 11) is -0.514. The number of pyridine rings is 1. The Labute approximate surface area is 184 Å². The largest absolute Gasteiger partial charge is 0.496 e. The average Bonchev–Trinajstić information content (AvgIpc) is 2.99. The Hall–Kier alpha value is -2.83. The quantitative estimate of drug-likeness (QED) is 0.529. The van der Waals surface area contributed by atoms with E-state index in [2.05, 4.69) is 4.98 Å². The molecule has 0 aliphatic carbocycles. The summed E-state index contributed by atoms with van der Waals surface area (Å²) >= 11 is 0. The molecule has 31 heavy (non-hydrogen) atoms. The molecule has 0 amide bonds. The van der Waals surface area contributed by atoms with Crippen molar-refractivity contribution in [3.8, 4) is 11.6 Å². The molecule has 0 unspecified atom stereocenters. The van der Waals surface area contributed by atoms with Crippen molar-refractivity contribution < 1.29 is 18.8 Å². The Kier molecular flexibility index (Phi) is 6.03. The van der Waals surface area contributed by atoms with E-state index in [0.29, 0.717) is 24.8 Å². The van der Waals surface area contributed by atoms with Gasteiger partial charge < -0.3 is 18.8 Å². The molecule has 1 saturated heterocycles. The van der Waals surface area contributed by atoms with Crippen molar-refractivity contribution in [2.24, 2.45) is 0 Å². The molecule has 160 valence electrons. The first-order valence-electron chi connectivity index (χ1n) is 10.5. The molecule has 1 fully saturated rings. The molecule has 1 aromatic heterocycles. The fraction of sp³-hybridized carbons (Fsp3) is 0.320. The second-order valence-corrected chi connectivity index (χ2v) is 8.71. The van der Waals surface area contributed by atoms with Crippen LogP contribution < -0.4 is 14.9 Å². The van der Waals surface area contributed by atoms with E-state index in [9.17, 15) is 0 Å². The zero-order valence-electron chi connectivity index (χ0n) is 18.5. The Bertz CT molecular complexity index is 993. The highest BCUT2D eigenvalue weighted by molar-refractivity contribution is 6.62. The normalized spacial score (nSPS) is 16.8. The van der Waals surface area contributed by atoms with Gasteiger partial charge >= 0.3 is 7.12 Å². The average molecular weight is 417 g/mol. The van der Waals surface area contributed by atoms with Crippen LogP contribution in [-0.4, -0.2) is 23.3 Å². The minimum absolute atomic E-state index is 0.408. The van der Waals surface area contributed by atoms with Gasteiger partial charge in [0, 0.05) is 11.7 Å². The van der Waals surface area contributed by atoms with Crippen molar-refractivity contribution in [2.75, 3.05) is 0 Å². The number of hydrogen-bond donors (Lipinski definition) is 0. The molecule has 0 spiro atoms. The van der Waals surface area contributed by atoms with Crippen LogP contribution >= 0.6 is 0 Å². The van der Waals surface area contributed by atoms with E-state index >= 15 is 0 Å². The van der Waals surface area contributed by atoms with E-state index in [1.807, 2.05) is 94.4 Å². The van der Waals surface area contributed by atoms with Gasteiger partial charge in [0.1, 0.15) is 13.2 Å². The van der Waals surface area contributed by atoms with Gasteiger partial charge in [0.05, 0.1) is 11.2 Å². The van der Waals surface area contributed by atoms with Crippen molar-refractivity contribution in [2.45, 2.75) is 52.1 Å².